The Kier molecular flexibility index (Phi) is 4.86. The second-order valence-corrected chi connectivity index (χ2v) is 5.83. The van der Waals surface area contributed by atoms with E-state index in [-0.39, 0.29) is 0 Å². The first-order valence-corrected chi connectivity index (χ1v) is 7.09. The number of benzene rings is 1. The van der Waals surface area contributed by atoms with E-state index >= 15 is 0 Å². The van der Waals surface area contributed by atoms with Crippen molar-refractivity contribution in [1.29, 1.82) is 0 Å². The molecule has 0 fully saturated rings. The van der Waals surface area contributed by atoms with Crippen LogP contribution in [0.3, 0.4) is 0 Å². The van der Waals surface area contributed by atoms with Crippen LogP contribution < -0.4 is 5.32 Å². The number of hydrogen-bond donors (Lipinski definition) is 1. The van der Waals surface area contributed by atoms with Crippen LogP contribution in [-0.4, -0.2) is 0 Å². The molecule has 1 heterocycles. The largest absolute Gasteiger partial charge is 0.308 e. The van der Waals surface area contributed by atoms with Crippen LogP contribution >= 0.6 is 34.5 Å². The van der Waals surface area contributed by atoms with Crippen molar-refractivity contribution in [2.45, 2.75) is 19.0 Å². The summed E-state index contributed by atoms with van der Waals surface area (Å²) in [4.78, 5) is 1.26. The highest BCUT2D eigenvalue weighted by atomic mass is 35.5. The number of nitrogens with one attached hydrogen (secondary N) is 1. The Balaban J connectivity index is 1.81. The van der Waals surface area contributed by atoms with E-state index in [4.69, 9.17) is 23.2 Å². The molecule has 1 nitrogen and oxygen atoms in total. The van der Waals surface area contributed by atoms with Crippen molar-refractivity contribution in [3.63, 3.8) is 0 Å². The van der Waals surface area contributed by atoms with Gasteiger partial charge < -0.3 is 5.32 Å². The Morgan fingerprint density at radius 2 is 1.65 bits per heavy atom. The molecule has 90 valence electrons. The van der Waals surface area contributed by atoms with Crippen LogP contribution in [-0.2, 0) is 19.0 Å². The van der Waals surface area contributed by atoms with E-state index in [0.29, 0.717) is 5.88 Å². The smallest absolute Gasteiger partial charge is 0.0931 e. The molecule has 0 amide bonds. The van der Waals surface area contributed by atoms with Crippen molar-refractivity contribution in [3.8, 4) is 0 Å². The van der Waals surface area contributed by atoms with Crippen molar-refractivity contribution in [2.75, 3.05) is 0 Å². The second kappa shape index (κ2) is 6.41. The molecular formula is C13H13Cl2NS. The molecule has 0 spiro atoms. The maximum absolute atomic E-state index is 5.87. The van der Waals surface area contributed by atoms with E-state index in [9.17, 15) is 0 Å². The zero-order chi connectivity index (χ0) is 12.1. The molecule has 0 bridgehead atoms. The first-order chi connectivity index (χ1) is 8.28. The summed E-state index contributed by atoms with van der Waals surface area (Å²) in [5.41, 5.74) is 2.42. The van der Waals surface area contributed by atoms with Gasteiger partial charge in [-0.25, -0.2) is 0 Å². The minimum atomic E-state index is 0.571. The number of thiophene rings is 1. The maximum Gasteiger partial charge on any atom is 0.0931 e. The summed E-state index contributed by atoms with van der Waals surface area (Å²) in [6, 6.07) is 12.3. The summed E-state index contributed by atoms with van der Waals surface area (Å²) >= 11 is 13.2. The van der Waals surface area contributed by atoms with Gasteiger partial charge >= 0.3 is 0 Å². The van der Waals surface area contributed by atoms with Gasteiger partial charge in [0.05, 0.1) is 4.34 Å². The zero-order valence-corrected chi connectivity index (χ0v) is 11.6. The van der Waals surface area contributed by atoms with Crippen molar-refractivity contribution < 1.29 is 0 Å². The summed E-state index contributed by atoms with van der Waals surface area (Å²) in [6.07, 6.45) is 0. The summed E-state index contributed by atoms with van der Waals surface area (Å²) in [7, 11) is 0. The number of hydrogen-bond acceptors (Lipinski definition) is 2. The normalized spacial score (nSPS) is 10.7. The van der Waals surface area contributed by atoms with E-state index in [1.807, 2.05) is 6.07 Å². The fourth-order valence-corrected chi connectivity index (χ4v) is 2.76. The van der Waals surface area contributed by atoms with Crippen LogP contribution in [0.5, 0.6) is 0 Å². The molecule has 0 aliphatic carbocycles. The van der Waals surface area contributed by atoms with E-state index in [1.54, 1.807) is 11.3 Å². The molecular weight excluding hydrogens is 273 g/mol. The third-order valence-electron chi connectivity index (χ3n) is 2.43. The van der Waals surface area contributed by atoms with E-state index in [2.05, 4.69) is 35.6 Å². The maximum atomic E-state index is 5.87. The van der Waals surface area contributed by atoms with Gasteiger partial charge in [-0.15, -0.1) is 22.9 Å². The van der Waals surface area contributed by atoms with Gasteiger partial charge in [-0.3, -0.25) is 0 Å². The highest BCUT2D eigenvalue weighted by molar-refractivity contribution is 7.16. The van der Waals surface area contributed by atoms with Gasteiger partial charge in [-0.2, -0.15) is 0 Å². The molecule has 17 heavy (non-hydrogen) atoms. The SMILES string of the molecule is ClCc1ccc(CNCc2ccc(Cl)s2)cc1. The first kappa shape index (κ1) is 12.9. The number of alkyl halides is 1. The molecule has 0 aliphatic heterocycles. The standard InChI is InChI=1S/C13H13Cl2NS/c14-7-10-1-3-11(4-2-10)8-16-9-12-5-6-13(15)17-12/h1-6,16H,7-9H2. The molecule has 0 aliphatic rings. The van der Waals surface area contributed by atoms with Crippen LogP contribution in [0.4, 0.5) is 0 Å². The van der Waals surface area contributed by atoms with Crippen LogP contribution in [0, 0.1) is 0 Å². The zero-order valence-electron chi connectivity index (χ0n) is 9.25. The van der Waals surface area contributed by atoms with Gasteiger partial charge in [0.2, 0.25) is 0 Å². The molecule has 0 saturated heterocycles. The molecule has 1 N–H and O–H groups in total. The fraction of sp³-hybridized carbons (Fsp3) is 0.231. The topological polar surface area (TPSA) is 12.0 Å². The highest BCUT2D eigenvalue weighted by Crippen LogP contribution is 2.21. The molecule has 4 heteroatoms. The lowest BCUT2D eigenvalue weighted by atomic mass is 10.1. The number of halogens is 2. The molecule has 0 saturated carbocycles. The van der Waals surface area contributed by atoms with Crippen molar-refractivity contribution in [2.24, 2.45) is 0 Å². The summed E-state index contributed by atoms with van der Waals surface area (Å²) in [6.45, 7) is 1.72. The molecule has 1 aromatic carbocycles. The average molecular weight is 286 g/mol. The molecule has 0 radical (unpaired) electrons. The quantitative estimate of drug-likeness (QED) is 0.802. The monoisotopic (exact) mass is 285 g/mol. The Morgan fingerprint density at radius 1 is 0.941 bits per heavy atom. The van der Waals surface area contributed by atoms with Crippen molar-refractivity contribution >= 4 is 34.5 Å². The summed E-state index contributed by atoms with van der Waals surface area (Å²) in [5, 5.41) is 3.39. The lowest BCUT2D eigenvalue weighted by Gasteiger charge is -2.04. The van der Waals surface area contributed by atoms with Crippen LogP contribution in [0.2, 0.25) is 4.34 Å². The predicted molar refractivity (Wildman–Crippen MR) is 75.9 cm³/mol. The van der Waals surface area contributed by atoms with Gasteiger partial charge in [-0.1, -0.05) is 35.9 Å². The second-order valence-electron chi connectivity index (χ2n) is 3.76. The molecule has 0 atom stereocenters. The third kappa shape index (κ3) is 4.00. The first-order valence-electron chi connectivity index (χ1n) is 5.36. The fourth-order valence-electron chi connectivity index (χ4n) is 1.52. The minimum absolute atomic E-state index is 0.571. The lowest BCUT2D eigenvalue weighted by molar-refractivity contribution is 0.701. The Hall–Kier alpha value is -0.540. The van der Waals surface area contributed by atoms with Gasteiger partial charge in [0.15, 0.2) is 0 Å². The van der Waals surface area contributed by atoms with E-state index in [1.165, 1.54) is 10.4 Å². The lowest BCUT2D eigenvalue weighted by Crippen LogP contribution is -2.11. The molecule has 2 rings (SSSR count). The van der Waals surface area contributed by atoms with E-state index < -0.39 is 0 Å². The minimum Gasteiger partial charge on any atom is -0.308 e. The summed E-state index contributed by atoms with van der Waals surface area (Å²) in [5.74, 6) is 0.571. The van der Waals surface area contributed by atoms with Crippen molar-refractivity contribution in [1.82, 2.24) is 5.32 Å². The Morgan fingerprint density at radius 3 is 2.24 bits per heavy atom. The Labute approximate surface area is 115 Å². The van der Waals surface area contributed by atoms with Crippen molar-refractivity contribution in [3.05, 3.63) is 56.7 Å². The van der Waals surface area contributed by atoms with Gasteiger partial charge in [-0.05, 0) is 23.3 Å². The number of rotatable bonds is 5. The van der Waals surface area contributed by atoms with Gasteiger partial charge in [0.25, 0.3) is 0 Å². The molecule has 2 aromatic rings. The molecule has 0 unspecified atom stereocenters. The Bertz CT molecular complexity index is 465. The van der Waals surface area contributed by atoms with Gasteiger partial charge in [0.1, 0.15) is 0 Å². The van der Waals surface area contributed by atoms with Crippen LogP contribution in [0.25, 0.3) is 0 Å². The highest BCUT2D eigenvalue weighted by Gasteiger charge is 1.98. The van der Waals surface area contributed by atoms with Crippen LogP contribution in [0.15, 0.2) is 36.4 Å². The average Bonchev–Trinajstić information content (AvgIpc) is 2.76. The third-order valence-corrected chi connectivity index (χ3v) is 3.97. The van der Waals surface area contributed by atoms with Crippen LogP contribution in [0.1, 0.15) is 16.0 Å². The van der Waals surface area contributed by atoms with Gasteiger partial charge in [0, 0.05) is 23.8 Å². The molecule has 1 aromatic heterocycles. The van der Waals surface area contributed by atoms with E-state index in [0.717, 1.165) is 23.0 Å². The predicted octanol–water partition coefficient (Wildman–Crippen LogP) is 4.43. The summed E-state index contributed by atoms with van der Waals surface area (Å²) < 4.78 is 0.841.